The van der Waals surface area contributed by atoms with Gasteiger partial charge in [0.15, 0.2) is 0 Å². The fraction of sp³-hybridized carbons (Fsp3) is 0.565. The van der Waals surface area contributed by atoms with Gasteiger partial charge in [-0.15, -0.1) is 5.10 Å². The van der Waals surface area contributed by atoms with Crippen molar-refractivity contribution in [3.63, 3.8) is 0 Å². The lowest BCUT2D eigenvalue weighted by atomic mass is 10.1. The number of amides is 2. The monoisotopic (exact) mass is 512 g/mol. The maximum absolute atomic E-state index is 12.4. The van der Waals surface area contributed by atoms with Crippen LogP contribution in [0.3, 0.4) is 0 Å². The molecule has 0 saturated carbocycles. The van der Waals surface area contributed by atoms with Crippen LogP contribution in [0, 0.1) is 0 Å². The number of carboxylic acids is 1. The van der Waals surface area contributed by atoms with Gasteiger partial charge in [0.2, 0.25) is 0 Å². The summed E-state index contributed by atoms with van der Waals surface area (Å²) in [6, 6.07) is 10.2. The maximum atomic E-state index is 12.4. The van der Waals surface area contributed by atoms with E-state index >= 15 is 0 Å². The van der Waals surface area contributed by atoms with E-state index in [0.717, 1.165) is 63.1 Å². The molecule has 2 fully saturated rings. The first-order valence-corrected chi connectivity index (χ1v) is 11.8. The highest BCUT2D eigenvalue weighted by molar-refractivity contribution is 5.74. The quantitative estimate of drug-likeness (QED) is 0.562. The molecule has 1 atom stereocenters. The molecule has 2 aliphatic rings. The standard InChI is InChI=1S/C21H30N6O2.C2HF3O2/c28-20-7-4-10-25(16-20)14-18-15-27(24-23-18)19-8-11-26(12-9-19)21(29)22-13-17-5-2-1-3-6-17;3-2(4,5)1(6)7/h1-3,5-6,15,19-20,28H,4,7-14,16H2,(H,22,29);(H,6,7)/t20-;/m1./s1. The molecular weight excluding hydrogens is 481 g/mol. The van der Waals surface area contributed by atoms with E-state index in [4.69, 9.17) is 9.90 Å². The Morgan fingerprint density at radius 1 is 1.08 bits per heavy atom. The highest BCUT2D eigenvalue weighted by Crippen LogP contribution is 2.22. The van der Waals surface area contributed by atoms with E-state index in [1.165, 1.54) is 0 Å². The number of likely N-dealkylation sites (tertiary alicyclic amines) is 2. The second kappa shape index (κ2) is 12.7. The Balaban J connectivity index is 0.000000454. The highest BCUT2D eigenvalue weighted by Gasteiger charge is 2.38. The number of aliphatic hydroxyl groups excluding tert-OH is 1. The molecule has 1 aromatic heterocycles. The van der Waals surface area contributed by atoms with E-state index in [1.54, 1.807) is 0 Å². The molecule has 0 bridgehead atoms. The molecular formula is C23H31F3N6O4. The molecule has 36 heavy (non-hydrogen) atoms. The molecule has 13 heteroatoms. The Morgan fingerprint density at radius 3 is 2.36 bits per heavy atom. The van der Waals surface area contributed by atoms with Crippen LogP contribution in [0.25, 0.3) is 0 Å². The summed E-state index contributed by atoms with van der Waals surface area (Å²) in [5.41, 5.74) is 2.05. The summed E-state index contributed by atoms with van der Waals surface area (Å²) in [5, 5.41) is 28.6. The molecule has 10 nitrogen and oxygen atoms in total. The fourth-order valence-electron chi connectivity index (χ4n) is 4.19. The maximum Gasteiger partial charge on any atom is 0.490 e. The van der Waals surface area contributed by atoms with Crippen LogP contribution < -0.4 is 5.32 Å². The Kier molecular flexibility index (Phi) is 9.65. The molecule has 3 N–H and O–H groups in total. The van der Waals surface area contributed by atoms with Crippen molar-refractivity contribution in [1.29, 1.82) is 0 Å². The van der Waals surface area contributed by atoms with Gasteiger partial charge in [-0.2, -0.15) is 13.2 Å². The Hall–Kier alpha value is -3.19. The Labute approximate surface area is 206 Å². The summed E-state index contributed by atoms with van der Waals surface area (Å²) in [4.78, 5) is 25.4. The van der Waals surface area contributed by atoms with Crippen LogP contribution in [0.15, 0.2) is 36.5 Å². The van der Waals surface area contributed by atoms with Crippen molar-refractivity contribution in [2.75, 3.05) is 26.2 Å². The number of halogens is 3. The first-order chi connectivity index (χ1) is 17.1. The van der Waals surface area contributed by atoms with Gasteiger partial charge < -0.3 is 20.4 Å². The molecule has 1 aromatic carbocycles. The van der Waals surface area contributed by atoms with Crippen molar-refractivity contribution < 1.29 is 33.0 Å². The zero-order valence-corrected chi connectivity index (χ0v) is 19.8. The SMILES string of the molecule is O=C(NCc1ccccc1)N1CCC(n2cc(CN3CCC[C@@H](O)C3)nn2)CC1.O=C(O)C(F)(F)F. The first-order valence-electron chi connectivity index (χ1n) is 11.8. The Morgan fingerprint density at radius 2 is 1.75 bits per heavy atom. The molecule has 3 heterocycles. The lowest BCUT2D eigenvalue weighted by Gasteiger charge is -2.32. The summed E-state index contributed by atoms with van der Waals surface area (Å²) in [6.45, 7) is 4.44. The van der Waals surface area contributed by atoms with Crippen molar-refractivity contribution >= 4 is 12.0 Å². The van der Waals surface area contributed by atoms with Gasteiger partial charge in [0.1, 0.15) is 0 Å². The number of alkyl halides is 3. The number of benzene rings is 1. The number of piperidine rings is 2. The minimum absolute atomic E-state index is 0.00441. The average molecular weight is 513 g/mol. The van der Waals surface area contributed by atoms with E-state index in [9.17, 15) is 23.1 Å². The van der Waals surface area contributed by atoms with Crippen molar-refractivity contribution in [2.24, 2.45) is 0 Å². The van der Waals surface area contributed by atoms with Gasteiger partial charge in [0.05, 0.1) is 24.0 Å². The number of hydrogen-bond acceptors (Lipinski definition) is 6. The van der Waals surface area contributed by atoms with Crippen LogP contribution in [0.5, 0.6) is 0 Å². The lowest BCUT2D eigenvalue weighted by molar-refractivity contribution is -0.192. The van der Waals surface area contributed by atoms with E-state index in [0.29, 0.717) is 13.1 Å². The van der Waals surface area contributed by atoms with Crippen LogP contribution in [0.4, 0.5) is 18.0 Å². The van der Waals surface area contributed by atoms with E-state index in [2.05, 4.69) is 20.5 Å². The minimum Gasteiger partial charge on any atom is -0.475 e. The normalized spacial score (nSPS) is 19.3. The van der Waals surface area contributed by atoms with Crippen molar-refractivity contribution in [3.05, 3.63) is 47.8 Å². The Bertz CT molecular complexity index is 980. The average Bonchev–Trinajstić information content (AvgIpc) is 3.31. The molecule has 0 radical (unpaired) electrons. The summed E-state index contributed by atoms with van der Waals surface area (Å²) < 4.78 is 33.7. The number of aliphatic carboxylic acids is 1. The third-order valence-electron chi connectivity index (χ3n) is 6.08. The number of aliphatic hydroxyl groups is 1. The first kappa shape index (κ1) is 27.4. The number of rotatable bonds is 5. The van der Waals surface area contributed by atoms with E-state index in [-0.39, 0.29) is 18.2 Å². The molecule has 2 amide bonds. The molecule has 2 aromatic rings. The van der Waals surface area contributed by atoms with E-state index < -0.39 is 12.1 Å². The topological polar surface area (TPSA) is 124 Å². The van der Waals surface area contributed by atoms with Crippen molar-refractivity contribution in [1.82, 2.24) is 30.1 Å². The number of carbonyl (C=O) groups excluding carboxylic acids is 1. The number of carbonyl (C=O) groups is 2. The second-order valence-electron chi connectivity index (χ2n) is 8.89. The zero-order chi connectivity index (χ0) is 26.1. The predicted molar refractivity (Wildman–Crippen MR) is 123 cm³/mol. The smallest absolute Gasteiger partial charge is 0.475 e. The molecule has 0 spiro atoms. The number of hydrogen-bond donors (Lipinski definition) is 3. The van der Waals surface area contributed by atoms with Crippen molar-refractivity contribution in [3.8, 4) is 0 Å². The number of β-amino-alcohol motifs (C(OH)–C–C–N with tert-alkyl or cyclic N) is 1. The predicted octanol–water partition coefficient (Wildman–Crippen LogP) is 2.41. The molecule has 2 aliphatic heterocycles. The summed E-state index contributed by atoms with van der Waals surface area (Å²) in [5.74, 6) is -2.76. The molecule has 198 valence electrons. The number of urea groups is 1. The number of carboxylic acid groups (broad SMARTS) is 1. The van der Waals surface area contributed by atoms with Crippen LogP contribution in [0.2, 0.25) is 0 Å². The van der Waals surface area contributed by atoms with Gasteiger partial charge in [-0.3, -0.25) is 4.90 Å². The third kappa shape index (κ3) is 8.48. The second-order valence-corrected chi connectivity index (χ2v) is 8.89. The van der Waals surface area contributed by atoms with Crippen LogP contribution in [0.1, 0.15) is 43.0 Å². The summed E-state index contributed by atoms with van der Waals surface area (Å²) in [7, 11) is 0. The van der Waals surface area contributed by atoms with Gasteiger partial charge in [0, 0.05) is 32.7 Å². The molecule has 0 aliphatic carbocycles. The van der Waals surface area contributed by atoms with Crippen molar-refractivity contribution in [2.45, 2.75) is 57.1 Å². The van der Waals surface area contributed by atoms with Gasteiger partial charge in [-0.1, -0.05) is 35.5 Å². The van der Waals surface area contributed by atoms with Crippen LogP contribution >= 0.6 is 0 Å². The van der Waals surface area contributed by atoms with Gasteiger partial charge in [-0.05, 0) is 37.8 Å². The van der Waals surface area contributed by atoms with Gasteiger partial charge >= 0.3 is 18.2 Å². The molecule has 0 unspecified atom stereocenters. The number of nitrogens with zero attached hydrogens (tertiary/aromatic N) is 5. The largest absolute Gasteiger partial charge is 0.490 e. The highest BCUT2D eigenvalue weighted by atomic mass is 19.4. The third-order valence-corrected chi connectivity index (χ3v) is 6.08. The number of aromatic nitrogens is 3. The van der Waals surface area contributed by atoms with Crippen LogP contribution in [-0.4, -0.2) is 85.5 Å². The molecule has 2 saturated heterocycles. The lowest BCUT2D eigenvalue weighted by Crippen LogP contribution is -2.44. The van der Waals surface area contributed by atoms with E-state index in [1.807, 2.05) is 46.1 Å². The fourth-order valence-corrected chi connectivity index (χ4v) is 4.19. The molecule has 4 rings (SSSR count). The van der Waals surface area contributed by atoms with Gasteiger partial charge in [0.25, 0.3) is 0 Å². The van der Waals surface area contributed by atoms with Crippen LogP contribution in [-0.2, 0) is 17.9 Å². The summed E-state index contributed by atoms with van der Waals surface area (Å²) >= 11 is 0. The number of nitrogens with one attached hydrogen (secondary N) is 1. The van der Waals surface area contributed by atoms with Gasteiger partial charge in [-0.25, -0.2) is 14.3 Å². The summed E-state index contributed by atoms with van der Waals surface area (Å²) in [6.07, 6.45) is 0.391. The zero-order valence-electron chi connectivity index (χ0n) is 19.8. The minimum atomic E-state index is -5.08.